The number of pyridine rings is 1. The molecule has 1 unspecified atom stereocenters. The van der Waals surface area contributed by atoms with Gasteiger partial charge in [-0.2, -0.15) is 4.39 Å². The average Bonchev–Trinajstić information content (AvgIpc) is 2.28. The molecule has 0 saturated carbocycles. The van der Waals surface area contributed by atoms with Gasteiger partial charge in [0.2, 0.25) is 5.95 Å². The first-order chi connectivity index (χ1) is 8.40. The van der Waals surface area contributed by atoms with Crippen molar-refractivity contribution in [1.82, 2.24) is 10.3 Å². The number of carbonyl (C=O) groups is 3. The molecule has 7 nitrogen and oxygen atoms in total. The standard InChI is InChI=1S/C10H9FN2O5/c11-7-2-1-5(4-12-7)9(16)13-6(10(17)18)3-8(14)15/h1-2,4,6H,3H2,(H,13,16)(H,14,15)(H,17,18). The number of carboxylic acids is 2. The molecule has 1 heterocycles. The van der Waals surface area contributed by atoms with Gasteiger partial charge >= 0.3 is 11.9 Å². The van der Waals surface area contributed by atoms with Crippen molar-refractivity contribution in [3.63, 3.8) is 0 Å². The Balaban J connectivity index is 2.75. The van der Waals surface area contributed by atoms with E-state index in [1.54, 1.807) is 0 Å². The molecule has 0 aromatic carbocycles. The summed E-state index contributed by atoms with van der Waals surface area (Å²) < 4.78 is 12.5. The normalized spacial score (nSPS) is 11.6. The maximum atomic E-state index is 12.5. The van der Waals surface area contributed by atoms with Crippen molar-refractivity contribution in [2.75, 3.05) is 0 Å². The predicted octanol–water partition coefficient (Wildman–Crippen LogP) is -0.122. The molecule has 1 aromatic rings. The second-order valence-electron chi connectivity index (χ2n) is 3.33. The van der Waals surface area contributed by atoms with Crippen molar-refractivity contribution in [1.29, 1.82) is 0 Å². The van der Waals surface area contributed by atoms with Gasteiger partial charge in [-0.15, -0.1) is 0 Å². The number of hydrogen-bond acceptors (Lipinski definition) is 4. The molecular weight excluding hydrogens is 247 g/mol. The van der Waals surface area contributed by atoms with Crippen molar-refractivity contribution in [3.8, 4) is 0 Å². The smallest absolute Gasteiger partial charge is 0.326 e. The molecule has 1 atom stereocenters. The van der Waals surface area contributed by atoms with Gasteiger partial charge in [-0.05, 0) is 12.1 Å². The van der Waals surface area contributed by atoms with Crippen LogP contribution >= 0.6 is 0 Å². The quantitative estimate of drug-likeness (QED) is 0.632. The maximum Gasteiger partial charge on any atom is 0.326 e. The summed E-state index contributed by atoms with van der Waals surface area (Å²) in [5, 5.41) is 19.2. The van der Waals surface area contributed by atoms with Gasteiger partial charge < -0.3 is 15.5 Å². The fraction of sp³-hybridized carbons (Fsp3) is 0.200. The van der Waals surface area contributed by atoms with Gasteiger partial charge in [-0.1, -0.05) is 0 Å². The Morgan fingerprint density at radius 2 is 2.00 bits per heavy atom. The highest BCUT2D eigenvalue weighted by Gasteiger charge is 2.23. The minimum atomic E-state index is -1.56. The van der Waals surface area contributed by atoms with Gasteiger partial charge in [0.05, 0.1) is 12.0 Å². The van der Waals surface area contributed by atoms with Crippen molar-refractivity contribution in [2.24, 2.45) is 0 Å². The molecule has 0 aliphatic heterocycles. The van der Waals surface area contributed by atoms with Crippen LogP contribution in [0.5, 0.6) is 0 Å². The molecule has 96 valence electrons. The summed E-state index contributed by atoms with van der Waals surface area (Å²) in [6, 6.07) is 0.485. The number of carboxylic acid groups (broad SMARTS) is 2. The molecule has 0 aliphatic rings. The number of nitrogens with one attached hydrogen (secondary N) is 1. The monoisotopic (exact) mass is 256 g/mol. The lowest BCUT2D eigenvalue weighted by Gasteiger charge is -2.11. The molecule has 0 aliphatic carbocycles. The number of halogens is 1. The van der Waals surface area contributed by atoms with Crippen LogP contribution in [-0.2, 0) is 9.59 Å². The molecule has 1 aromatic heterocycles. The number of rotatable bonds is 5. The third-order valence-corrected chi connectivity index (χ3v) is 1.97. The SMILES string of the molecule is O=C(O)CC(NC(=O)c1ccc(F)nc1)C(=O)O. The Morgan fingerprint density at radius 3 is 2.44 bits per heavy atom. The average molecular weight is 256 g/mol. The maximum absolute atomic E-state index is 12.5. The molecular formula is C10H9FN2O5. The lowest BCUT2D eigenvalue weighted by molar-refractivity contribution is -0.145. The largest absolute Gasteiger partial charge is 0.481 e. The van der Waals surface area contributed by atoms with E-state index in [1.165, 1.54) is 0 Å². The van der Waals surface area contributed by atoms with Crippen LogP contribution in [-0.4, -0.2) is 39.1 Å². The lowest BCUT2D eigenvalue weighted by atomic mass is 10.2. The second kappa shape index (κ2) is 5.71. The zero-order chi connectivity index (χ0) is 13.7. The first-order valence-electron chi connectivity index (χ1n) is 4.77. The summed E-state index contributed by atoms with van der Waals surface area (Å²) in [5.74, 6) is -4.45. The van der Waals surface area contributed by atoms with E-state index in [0.717, 1.165) is 18.3 Å². The lowest BCUT2D eigenvalue weighted by Crippen LogP contribution is -2.42. The zero-order valence-electron chi connectivity index (χ0n) is 8.96. The zero-order valence-corrected chi connectivity index (χ0v) is 8.96. The molecule has 3 N–H and O–H groups in total. The van der Waals surface area contributed by atoms with Gasteiger partial charge in [0.15, 0.2) is 0 Å². The van der Waals surface area contributed by atoms with E-state index < -0.39 is 36.3 Å². The van der Waals surface area contributed by atoms with Crippen LogP contribution in [0, 0.1) is 5.95 Å². The van der Waals surface area contributed by atoms with Crippen LogP contribution in [0.4, 0.5) is 4.39 Å². The Labute approximate surface area is 100 Å². The molecule has 8 heteroatoms. The van der Waals surface area contributed by atoms with Crippen LogP contribution < -0.4 is 5.32 Å². The number of nitrogens with zero attached hydrogens (tertiary/aromatic N) is 1. The van der Waals surface area contributed by atoms with Crippen LogP contribution in [0.3, 0.4) is 0 Å². The van der Waals surface area contributed by atoms with Crippen molar-refractivity contribution in [2.45, 2.75) is 12.5 Å². The highest BCUT2D eigenvalue weighted by Crippen LogP contribution is 2.01. The molecule has 1 amide bonds. The van der Waals surface area contributed by atoms with Gasteiger partial charge in [0, 0.05) is 6.20 Å². The van der Waals surface area contributed by atoms with Gasteiger partial charge in [0.1, 0.15) is 6.04 Å². The number of aromatic nitrogens is 1. The number of amides is 1. The highest BCUT2D eigenvalue weighted by molar-refractivity contribution is 5.97. The Bertz CT molecular complexity index is 474. The van der Waals surface area contributed by atoms with E-state index in [0.29, 0.717) is 0 Å². The molecule has 0 saturated heterocycles. The minimum Gasteiger partial charge on any atom is -0.481 e. The third kappa shape index (κ3) is 3.81. The topological polar surface area (TPSA) is 117 Å². The summed E-state index contributed by atoms with van der Waals surface area (Å²) in [5.41, 5.74) is -0.0620. The van der Waals surface area contributed by atoms with E-state index in [-0.39, 0.29) is 5.56 Å². The Morgan fingerprint density at radius 1 is 1.33 bits per heavy atom. The summed E-state index contributed by atoms with van der Waals surface area (Å²) in [6.07, 6.45) is 0.167. The molecule has 0 bridgehead atoms. The van der Waals surface area contributed by atoms with Gasteiger partial charge in [-0.3, -0.25) is 9.59 Å². The molecule has 0 spiro atoms. The first-order valence-corrected chi connectivity index (χ1v) is 4.77. The van der Waals surface area contributed by atoms with Gasteiger partial charge in [0.25, 0.3) is 5.91 Å². The first kappa shape index (κ1) is 13.6. The van der Waals surface area contributed by atoms with E-state index in [9.17, 15) is 18.8 Å². The van der Waals surface area contributed by atoms with Crippen molar-refractivity contribution in [3.05, 3.63) is 29.8 Å². The summed E-state index contributed by atoms with van der Waals surface area (Å²) in [4.78, 5) is 35.8. The van der Waals surface area contributed by atoms with Gasteiger partial charge in [-0.25, -0.2) is 9.78 Å². The van der Waals surface area contributed by atoms with Crippen molar-refractivity contribution >= 4 is 17.8 Å². The van der Waals surface area contributed by atoms with E-state index >= 15 is 0 Å². The molecule has 0 fully saturated rings. The molecule has 18 heavy (non-hydrogen) atoms. The van der Waals surface area contributed by atoms with Crippen molar-refractivity contribution < 1.29 is 29.0 Å². The van der Waals surface area contributed by atoms with Crippen LogP contribution in [0.1, 0.15) is 16.8 Å². The Hall–Kier alpha value is -2.51. The Kier molecular flexibility index (Phi) is 4.30. The molecule has 1 rings (SSSR count). The fourth-order valence-electron chi connectivity index (χ4n) is 1.13. The number of hydrogen-bond donors (Lipinski definition) is 3. The number of aliphatic carboxylic acids is 2. The second-order valence-corrected chi connectivity index (χ2v) is 3.33. The predicted molar refractivity (Wildman–Crippen MR) is 55.3 cm³/mol. The van der Waals surface area contributed by atoms with E-state index in [4.69, 9.17) is 10.2 Å². The fourth-order valence-corrected chi connectivity index (χ4v) is 1.13. The van der Waals surface area contributed by atoms with E-state index in [1.807, 2.05) is 5.32 Å². The summed E-state index contributed by atoms with van der Waals surface area (Å²) >= 11 is 0. The number of carbonyl (C=O) groups excluding carboxylic acids is 1. The summed E-state index contributed by atoms with van der Waals surface area (Å²) in [6.45, 7) is 0. The van der Waals surface area contributed by atoms with Crippen LogP contribution in [0.25, 0.3) is 0 Å². The van der Waals surface area contributed by atoms with Crippen LogP contribution in [0.15, 0.2) is 18.3 Å². The highest BCUT2D eigenvalue weighted by atomic mass is 19.1. The molecule has 0 radical (unpaired) electrons. The minimum absolute atomic E-state index is 0.0620. The van der Waals surface area contributed by atoms with E-state index in [2.05, 4.69) is 4.98 Å². The third-order valence-electron chi connectivity index (χ3n) is 1.97. The van der Waals surface area contributed by atoms with Crippen LogP contribution in [0.2, 0.25) is 0 Å². The summed E-state index contributed by atoms with van der Waals surface area (Å²) in [7, 11) is 0.